The van der Waals surface area contributed by atoms with Crippen molar-refractivity contribution in [2.45, 2.75) is 25.9 Å². The van der Waals surface area contributed by atoms with Gasteiger partial charge in [-0.3, -0.25) is 0 Å². The topological polar surface area (TPSA) is 72.3 Å². The Balaban J connectivity index is 0.00000256. The third kappa shape index (κ3) is 3.74. The summed E-state index contributed by atoms with van der Waals surface area (Å²) in [5, 5.41) is 8.82. The molecule has 6 heteroatoms. The second-order valence-electron chi connectivity index (χ2n) is 3.42. The Kier molecular flexibility index (Phi) is 5.15. The molecule has 0 unspecified atom stereocenters. The summed E-state index contributed by atoms with van der Waals surface area (Å²) >= 11 is 0. The summed E-state index contributed by atoms with van der Waals surface area (Å²) in [5.41, 5.74) is -0.760. The third-order valence-electron chi connectivity index (χ3n) is 2.19. The fourth-order valence-electron chi connectivity index (χ4n) is 1.44. The zero-order chi connectivity index (χ0) is 12.3. The van der Waals surface area contributed by atoms with E-state index in [-0.39, 0.29) is 11.7 Å². The van der Waals surface area contributed by atoms with Crippen LogP contribution in [0.25, 0.3) is 0 Å². The fourth-order valence-corrected chi connectivity index (χ4v) is 1.44. The van der Waals surface area contributed by atoms with Crippen molar-refractivity contribution in [3.63, 3.8) is 0 Å². The second-order valence-corrected chi connectivity index (χ2v) is 3.42. The van der Waals surface area contributed by atoms with E-state index in [2.05, 4.69) is 0 Å². The maximum atomic E-state index is 12.4. The second kappa shape index (κ2) is 5.67. The number of aromatic carboxylic acids is 1. The first-order valence-corrected chi connectivity index (χ1v) is 4.79. The van der Waals surface area contributed by atoms with Gasteiger partial charge in [-0.2, -0.15) is 13.2 Å². The van der Waals surface area contributed by atoms with Crippen LogP contribution in [0.4, 0.5) is 13.2 Å². The molecule has 0 amide bonds. The van der Waals surface area contributed by atoms with Crippen LogP contribution in [0.5, 0.6) is 0 Å². The van der Waals surface area contributed by atoms with Crippen molar-refractivity contribution in [1.82, 2.24) is 6.15 Å². The van der Waals surface area contributed by atoms with Crippen LogP contribution in [-0.4, -0.2) is 11.1 Å². The van der Waals surface area contributed by atoms with Crippen molar-refractivity contribution in [3.05, 3.63) is 34.9 Å². The number of hydrogen-bond acceptors (Lipinski definition) is 2. The van der Waals surface area contributed by atoms with Gasteiger partial charge in [0, 0.05) is 0 Å². The van der Waals surface area contributed by atoms with Crippen molar-refractivity contribution < 1.29 is 23.1 Å². The molecule has 0 aliphatic rings. The molecule has 0 spiro atoms. The average molecular weight is 249 g/mol. The van der Waals surface area contributed by atoms with E-state index < -0.39 is 17.7 Å². The standard InChI is InChI=1S/C11H11F3O2.H3N/c1-2-3-7-4-5-8(11(12,13)14)6-9(7)10(15)16;/h4-6H,2-3H2,1H3,(H,15,16);1H3. The highest BCUT2D eigenvalue weighted by Crippen LogP contribution is 2.30. The zero-order valence-corrected chi connectivity index (χ0v) is 9.34. The van der Waals surface area contributed by atoms with E-state index in [1.54, 1.807) is 0 Å². The van der Waals surface area contributed by atoms with Crippen molar-refractivity contribution in [2.75, 3.05) is 0 Å². The normalized spacial score (nSPS) is 10.8. The van der Waals surface area contributed by atoms with Gasteiger partial charge in [0.05, 0.1) is 11.1 Å². The highest BCUT2D eigenvalue weighted by atomic mass is 19.4. The molecule has 3 nitrogen and oxygen atoms in total. The van der Waals surface area contributed by atoms with E-state index in [0.717, 1.165) is 6.07 Å². The van der Waals surface area contributed by atoms with Crippen LogP contribution in [0.15, 0.2) is 18.2 Å². The smallest absolute Gasteiger partial charge is 0.416 e. The molecular weight excluding hydrogens is 235 g/mol. The fraction of sp³-hybridized carbons (Fsp3) is 0.364. The Morgan fingerprint density at radius 1 is 1.35 bits per heavy atom. The van der Waals surface area contributed by atoms with Gasteiger partial charge in [0.15, 0.2) is 0 Å². The van der Waals surface area contributed by atoms with Gasteiger partial charge in [-0.1, -0.05) is 19.4 Å². The molecule has 0 radical (unpaired) electrons. The lowest BCUT2D eigenvalue weighted by molar-refractivity contribution is -0.137. The molecule has 1 rings (SSSR count). The summed E-state index contributed by atoms with van der Waals surface area (Å²) in [5.74, 6) is -1.32. The van der Waals surface area contributed by atoms with Crippen LogP contribution in [-0.2, 0) is 12.6 Å². The maximum absolute atomic E-state index is 12.4. The quantitative estimate of drug-likeness (QED) is 0.860. The SMILES string of the molecule is CCCc1ccc(C(F)(F)F)cc1C(=O)O.N. The van der Waals surface area contributed by atoms with Gasteiger partial charge in [-0.25, -0.2) is 4.79 Å². The predicted molar refractivity (Wildman–Crippen MR) is 57.4 cm³/mol. The molecule has 0 aliphatic carbocycles. The van der Waals surface area contributed by atoms with Gasteiger partial charge in [-0.15, -0.1) is 0 Å². The molecule has 0 saturated heterocycles. The number of rotatable bonds is 3. The van der Waals surface area contributed by atoms with Gasteiger partial charge in [-0.05, 0) is 24.1 Å². The van der Waals surface area contributed by atoms with Gasteiger partial charge in [0.25, 0.3) is 0 Å². The lowest BCUT2D eigenvalue weighted by Crippen LogP contribution is -2.09. The number of carbonyl (C=O) groups is 1. The first-order valence-electron chi connectivity index (χ1n) is 4.79. The van der Waals surface area contributed by atoms with E-state index in [0.29, 0.717) is 24.5 Å². The lowest BCUT2D eigenvalue weighted by Gasteiger charge is -2.10. The van der Waals surface area contributed by atoms with E-state index in [1.165, 1.54) is 6.07 Å². The third-order valence-corrected chi connectivity index (χ3v) is 2.19. The molecule has 17 heavy (non-hydrogen) atoms. The van der Waals surface area contributed by atoms with Crippen molar-refractivity contribution in [2.24, 2.45) is 0 Å². The summed E-state index contributed by atoms with van der Waals surface area (Å²) in [6, 6.07) is 2.83. The molecule has 4 N–H and O–H groups in total. The zero-order valence-electron chi connectivity index (χ0n) is 9.34. The monoisotopic (exact) mass is 249 g/mol. The molecule has 0 saturated carbocycles. The minimum absolute atomic E-state index is 0. The van der Waals surface area contributed by atoms with Gasteiger partial charge in [0.1, 0.15) is 0 Å². The number of alkyl halides is 3. The lowest BCUT2D eigenvalue weighted by atomic mass is 10.0. The van der Waals surface area contributed by atoms with Crippen molar-refractivity contribution >= 4 is 5.97 Å². The minimum Gasteiger partial charge on any atom is -0.478 e. The van der Waals surface area contributed by atoms with Crippen LogP contribution in [0, 0.1) is 0 Å². The summed E-state index contributed by atoms with van der Waals surface area (Å²) in [7, 11) is 0. The Labute approximate surface area is 96.8 Å². The number of carboxylic acids is 1. The molecule has 0 heterocycles. The van der Waals surface area contributed by atoms with Gasteiger partial charge >= 0.3 is 12.1 Å². The van der Waals surface area contributed by atoms with E-state index in [9.17, 15) is 18.0 Å². The Morgan fingerprint density at radius 2 is 1.94 bits per heavy atom. The predicted octanol–water partition coefficient (Wildman–Crippen LogP) is 3.52. The van der Waals surface area contributed by atoms with Crippen LogP contribution in [0.3, 0.4) is 0 Å². The molecule has 96 valence electrons. The van der Waals surface area contributed by atoms with Crippen LogP contribution < -0.4 is 6.15 Å². The Hall–Kier alpha value is -1.56. The number of aryl methyl sites for hydroxylation is 1. The number of carboxylic acid groups (broad SMARTS) is 1. The molecule has 0 bridgehead atoms. The summed E-state index contributed by atoms with van der Waals surface area (Å²) < 4.78 is 37.1. The van der Waals surface area contributed by atoms with Crippen LogP contribution in [0.1, 0.15) is 34.8 Å². The number of halogens is 3. The van der Waals surface area contributed by atoms with E-state index in [1.807, 2.05) is 6.92 Å². The minimum atomic E-state index is -4.51. The Bertz CT molecular complexity index is 402. The first kappa shape index (κ1) is 15.4. The highest BCUT2D eigenvalue weighted by molar-refractivity contribution is 5.89. The molecule has 1 aromatic carbocycles. The van der Waals surface area contributed by atoms with Crippen molar-refractivity contribution in [3.8, 4) is 0 Å². The summed E-state index contributed by atoms with van der Waals surface area (Å²) in [6.07, 6.45) is -3.36. The number of benzene rings is 1. The molecular formula is C11H14F3NO2. The average Bonchev–Trinajstić information content (AvgIpc) is 2.16. The van der Waals surface area contributed by atoms with Crippen LogP contribution in [0.2, 0.25) is 0 Å². The maximum Gasteiger partial charge on any atom is 0.416 e. The summed E-state index contributed by atoms with van der Waals surface area (Å²) in [4.78, 5) is 10.8. The van der Waals surface area contributed by atoms with E-state index >= 15 is 0 Å². The highest BCUT2D eigenvalue weighted by Gasteiger charge is 2.31. The molecule has 0 fully saturated rings. The molecule has 0 aromatic heterocycles. The van der Waals surface area contributed by atoms with Gasteiger partial charge in [0.2, 0.25) is 0 Å². The molecule has 1 aromatic rings. The molecule has 0 aliphatic heterocycles. The Morgan fingerprint density at radius 3 is 2.35 bits per heavy atom. The van der Waals surface area contributed by atoms with E-state index in [4.69, 9.17) is 5.11 Å². The number of hydrogen-bond donors (Lipinski definition) is 2. The van der Waals surface area contributed by atoms with Crippen LogP contribution >= 0.6 is 0 Å². The first-order chi connectivity index (χ1) is 7.36. The van der Waals surface area contributed by atoms with Crippen molar-refractivity contribution in [1.29, 1.82) is 0 Å². The molecule has 0 atom stereocenters. The largest absolute Gasteiger partial charge is 0.478 e. The van der Waals surface area contributed by atoms with Gasteiger partial charge < -0.3 is 11.3 Å². The summed E-state index contributed by atoms with van der Waals surface area (Å²) in [6.45, 7) is 1.84.